The maximum Gasteiger partial charge on any atom is 0.301 e. The number of hydrogen-bond donors (Lipinski definition) is 1. The highest BCUT2D eigenvalue weighted by Gasteiger charge is 2.20. The van der Waals surface area contributed by atoms with Crippen LogP contribution in [-0.2, 0) is 6.42 Å². The molecule has 10 heteroatoms. The van der Waals surface area contributed by atoms with Gasteiger partial charge in [0.25, 0.3) is 5.69 Å². The number of rotatable bonds is 9. The summed E-state index contributed by atoms with van der Waals surface area (Å²) in [5.41, 5.74) is 5.49. The van der Waals surface area contributed by atoms with Gasteiger partial charge in [0.1, 0.15) is 11.4 Å². The van der Waals surface area contributed by atoms with Crippen molar-refractivity contribution < 1.29 is 14.6 Å². The number of nitrogens with zero attached hydrogens (tertiary/aromatic N) is 3. The van der Waals surface area contributed by atoms with Crippen LogP contribution in [0.4, 0.5) is 17.1 Å². The zero-order valence-corrected chi connectivity index (χ0v) is 21.2. The summed E-state index contributed by atoms with van der Waals surface area (Å²) in [5.74, 6) is 0.715. The molecule has 0 heterocycles. The van der Waals surface area contributed by atoms with Crippen LogP contribution in [0.5, 0.6) is 5.75 Å². The smallest absolute Gasteiger partial charge is 0.301 e. The number of ether oxygens (including phenoxy) is 1. The van der Waals surface area contributed by atoms with Crippen molar-refractivity contribution in [2.75, 3.05) is 18.8 Å². The molecule has 0 saturated carbocycles. The van der Waals surface area contributed by atoms with Crippen LogP contribution in [0.15, 0.2) is 82.8 Å². The van der Waals surface area contributed by atoms with E-state index in [4.69, 9.17) is 4.74 Å². The summed E-state index contributed by atoms with van der Waals surface area (Å²) in [7, 11) is 1.63. The van der Waals surface area contributed by atoms with Gasteiger partial charge in [-0.25, -0.2) is 0 Å². The highest BCUT2D eigenvalue weighted by Crippen LogP contribution is 2.37. The molecule has 37 heavy (non-hydrogen) atoms. The van der Waals surface area contributed by atoms with Gasteiger partial charge in [0, 0.05) is 22.9 Å². The molecule has 0 amide bonds. The second kappa shape index (κ2) is 11.1. The molecule has 4 aromatic carbocycles. The van der Waals surface area contributed by atoms with E-state index < -0.39 is 15.5 Å². The first-order valence-electron chi connectivity index (χ1n) is 11.3. The van der Waals surface area contributed by atoms with Gasteiger partial charge < -0.3 is 4.74 Å². The summed E-state index contributed by atoms with van der Waals surface area (Å²) in [6, 6.07) is 21.2. The average molecular weight is 517 g/mol. The Morgan fingerprint density at radius 3 is 2.38 bits per heavy atom. The summed E-state index contributed by atoms with van der Waals surface area (Å²) in [6.07, 6.45) is 2.39. The maximum atomic E-state index is 11.6. The zero-order chi connectivity index (χ0) is 26.5. The number of benzene rings is 4. The zero-order valence-electron chi connectivity index (χ0n) is 20.4. The first-order valence-corrected chi connectivity index (χ1v) is 12.5. The van der Waals surface area contributed by atoms with Gasteiger partial charge in [0.2, 0.25) is 0 Å². The minimum absolute atomic E-state index is 0.0504. The van der Waals surface area contributed by atoms with Gasteiger partial charge in [-0.05, 0) is 41.6 Å². The molecule has 0 fully saturated rings. The fourth-order valence-electron chi connectivity index (χ4n) is 4.08. The Hall–Kier alpha value is -4.44. The van der Waals surface area contributed by atoms with Crippen LogP contribution in [0.2, 0.25) is 0 Å². The van der Waals surface area contributed by atoms with Gasteiger partial charge in [0.15, 0.2) is 0 Å². The molecule has 0 aromatic heterocycles. The Balaban J connectivity index is 1.84. The maximum absolute atomic E-state index is 11.6. The van der Waals surface area contributed by atoms with Crippen LogP contribution < -0.4 is 10.2 Å². The van der Waals surface area contributed by atoms with Crippen molar-refractivity contribution in [2.45, 2.75) is 18.2 Å². The van der Waals surface area contributed by atoms with E-state index in [0.29, 0.717) is 17.9 Å². The van der Waals surface area contributed by atoms with Crippen LogP contribution in [-0.4, -0.2) is 28.9 Å². The number of fused-ring (bicyclic) bond motifs is 1. The molecule has 188 valence electrons. The quantitative estimate of drug-likeness (QED) is 0.113. The summed E-state index contributed by atoms with van der Waals surface area (Å²) < 4.78 is 5.78. The number of aryl methyl sites for hydroxylation is 1. The minimum Gasteiger partial charge on any atom is -0.496 e. The summed E-state index contributed by atoms with van der Waals surface area (Å²) in [5, 5.41) is 29.4. The van der Waals surface area contributed by atoms with E-state index in [0.717, 1.165) is 38.4 Å². The van der Waals surface area contributed by atoms with E-state index in [1.807, 2.05) is 49.6 Å². The molecule has 4 aromatic rings. The van der Waals surface area contributed by atoms with Gasteiger partial charge >= 0.3 is 5.69 Å². The molecule has 0 aliphatic carbocycles. The second-order valence-corrected chi connectivity index (χ2v) is 9.09. The van der Waals surface area contributed by atoms with Crippen molar-refractivity contribution in [3.05, 3.63) is 110 Å². The summed E-state index contributed by atoms with van der Waals surface area (Å²) in [4.78, 5) is 22.4. The van der Waals surface area contributed by atoms with Crippen LogP contribution >= 0.6 is 11.8 Å². The fourth-order valence-corrected chi connectivity index (χ4v) is 4.71. The average Bonchev–Trinajstić information content (AvgIpc) is 2.90. The predicted octanol–water partition coefficient (Wildman–Crippen LogP) is 6.75. The summed E-state index contributed by atoms with van der Waals surface area (Å²) >= 11 is 1.64. The third-order valence-corrected chi connectivity index (χ3v) is 6.69. The molecule has 1 N–H and O–H groups in total. The van der Waals surface area contributed by atoms with E-state index in [-0.39, 0.29) is 11.4 Å². The molecule has 0 atom stereocenters. The first-order chi connectivity index (χ1) is 17.8. The first kappa shape index (κ1) is 25.6. The predicted molar refractivity (Wildman–Crippen MR) is 147 cm³/mol. The standard InChI is InChI=1S/C27H24N4O5S/c1-17-9-11-20-21(13-17)22(26(36-2)16-27(20)37-3)15-24(18-7-5-4-6-8-18)29-28-23-12-10-19(30(32)33)14-25(23)31(34)35/h4-14,16,28H,15H2,1-3H3/b29-24-. The molecular weight excluding hydrogens is 492 g/mol. The van der Waals surface area contributed by atoms with E-state index >= 15 is 0 Å². The molecule has 0 aliphatic rings. The van der Waals surface area contributed by atoms with Crippen molar-refractivity contribution >= 4 is 45.3 Å². The van der Waals surface area contributed by atoms with E-state index in [2.05, 4.69) is 28.7 Å². The van der Waals surface area contributed by atoms with E-state index in [1.54, 1.807) is 18.9 Å². The Labute approximate surface area is 217 Å². The molecular formula is C27H24N4O5S. The van der Waals surface area contributed by atoms with Crippen LogP contribution in [0, 0.1) is 27.2 Å². The third kappa shape index (κ3) is 5.54. The van der Waals surface area contributed by atoms with Gasteiger partial charge in [-0.3, -0.25) is 25.7 Å². The number of non-ortho nitro benzene ring substituents is 1. The van der Waals surface area contributed by atoms with Crippen molar-refractivity contribution in [1.29, 1.82) is 0 Å². The van der Waals surface area contributed by atoms with Crippen molar-refractivity contribution in [3.63, 3.8) is 0 Å². The summed E-state index contributed by atoms with van der Waals surface area (Å²) in [6.45, 7) is 2.03. The van der Waals surface area contributed by atoms with Gasteiger partial charge in [-0.1, -0.05) is 54.1 Å². The van der Waals surface area contributed by atoms with Crippen LogP contribution in [0.1, 0.15) is 16.7 Å². The van der Waals surface area contributed by atoms with E-state index in [9.17, 15) is 20.2 Å². The van der Waals surface area contributed by atoms with E-state index in [1.165, 1.54) is 12.1 Å². The number of hydrazone groups is 1. The lowest BCUT2D eigenvalue weighted by Crippen LogP contribution is -2.10. The second-order valence-electron chi connectivity index (χ2n) is 8.24. The molecule has 0 unspecified atom stereocenters. The molecule has 0 saturated heterocycles. The minimum atomic E-state index is -0.674. The third-order valence-electron chi connectivity index (χ3n) is 5.92. The Kier molecular flexibility index (Phi) is 7.69. The number of thioether (sulfide) groups is 1. The number of nitro benzene ring substituents is 2. The highest BCUT2D eigenvalue weighted by atomic mass is 32.2. The molecule has 9 nitrogen and oxygen atoms in total. The highest BCUT2D eigenvalue weighted by molar-refractivity contribution is 7.98. The molecule has 4 rings (SSSR count). The van der Waals surface area contributed by atoms with Gasteiger partial charge in [-0.2, -0.15) is 5.10 Å². The normalized spacial score (nSPS) is 11.4. The largest absolute Gasteiger partial charge is 0.496 e. The number of nitro groups is 2. The fraction of sp³-hybridized carbons (Fsp3) is 0.148. The number of anilines is 1. The Morgan fingerprint density at radius 2 is 1.73 bits per heavy atom. The lowest BCUT2D eigenvalue weighted by Gasteiger charge is -2.17. The lowest BCUT2D eigenvalue weighted by molar-refractivity contribution is -0.393. The van der Waals surface area contributed by atoms with Crippen molar-refractivity contribution in [1.82, 2.24) is 0 Å². The molecule has 0 aliphatic heterocycles. The SMILES string of the molecule is COc1cc(SC)c2ccc(C)cc2c1C/C(=N/Nc1ccc([N+](=O)[O-])cc1[N+](=O)[O-])c1ccccc1. The monoisotopic (exact) mass is 516 g/mol. The topological polar surface area (TPSA) is 120 Å². The van der Waals surface area contributed by atoms with Gasteiger partial charge in [-0.15, -0.1) is 11.8 Å². The Morgan fingerprint density at radius 1 is 0.973 bits per heavy atom. The Bertz CT molecular complexity index is 1520. The molecule has 0 radical (unpaired) electrons. The lowest BCUT2D eigenvalue weighted by atomic mass is 9.95. The number of nitrogens with one attached hydrogen (secondary N) is 1. The van der Waals surface area contributed by atoms with Gasteiger partial charge in [0.05, 0.1) is 28.7 Å². The van der Waals surface area contributed by atoms with Crippen molar-refractivity contribution in [2.24, 2.45) is 5.10 Å². The van der Waals surface area contributed by atoms with Crippen LogP contribution in [0.25, 0.3) is 10.8 Å². The number of methoxy groups -OCH3 is 1. The van der Waals surface area contributed by atoms with Crippen molar-refractivity contribution in [3.8, 4) is 5.75 Å². The van der Waals surface area contributed by atoms with Crippen LogP contribution in [0.3, 0.4) is 0 Å². The molecule has 0 bridgehead atoms. The number of hydrogen-bond acceptors (Lipinski definition) is 8. The molecule has 0 spiro atoms.